The summed E-state index contributed by atoms with van der Waals surface area (Å²) in [6.45, 7) is 1.48. The van der Waals surface area contributed by atoms with Crippen LogP contribution in [0, 0.1) is 16.6 Å². The van der Waals surface area contributed by atoms with Crippen LogP contribution in [0.5, 0.6) is 0 Å². The van der Waals surface area contributed by atoms with E-state index in [0.717, 1.165) is 0 Å². The molecule has 0 radical (unpaired) electrons. The lowest BCUT2D eigenvalue weighted by Crippen LogP contribution is -2.19. The van der Waals surface area contributed by atoms with Gasteiger partial charge in [-0.2, -0.15) is 0 Å². The standard InChI is InChI=1S/C11H11FN4/c1-7(14)10(6-13)11(15)16-9-4-2-3-8(12)5-9/h2-5,13-14H,1H3,(H2,15,16). The molecule has 0 saturated carbocycles. The van der Waals surface area contributed by atoms with Gasteiger partial charge in [-0.05, 0) is 31.0 Å². The van der Waals surface area contributed by atoms with Crippen LogP contribution >= 0.6 is 0 Å². The van der Waals surface area contributed by atoms with E-state index in [-0.39, 0.29) is 17.1 Å². The topological polar surface area (TPSA) is 86.1 Å². The largest absolute Gasteiger partial charge is 0.383 e. The summed E-state index contributed by atoms with van der Waals surface area (Å²) in [7, 11) is 0. The van der Waals surface area contributed by atoms with Gasteiger partial charge in [0.15, 0.2) is 0 Å². The number of amidine groups is 1. The molecular weight excluding hydrogens is 207 g/mol. The van der Waals surface area contributed by atoms with E-state index in [9.17, 15) is 4.39 Å². The maximum Gasteiger partial charge on any atom is 0.142 e. The third kappa shape index (κ3) is 2.87. The highest BCUT2D eigenvalue weighted by atomic mass is 19.1. The third-order valence-electron chi connectivity index (χ3n) is 1.81. The summed E-state index contributed by atoms with van der Waals surface area (Å²) in [6.07, 6.45) is 0. The van der Waals surface area contributed by atoms with Crippen molar-refractivity contribution >= 4 is 23.1 Å². The second-order valence-electron chi connectivity index (χ2n) is 3.10. The molecule has 0 unspecified atom stereocenters. The van der Waals surface area contributed by atoms with E-state index in [1.807, 2.05) is 5.87 Å². The molecule has 0 saturated heterocycles. The first-order chi connectivity index (χ1) is 7.54. The SMILES string of the molecule is CC(=N)C(=C=N)C(N)=Nc1cccc(F)c1. The smallest absolute Gasteiger partial charge is 0.142 e. The molecule has 4 nitrogen and oxygen atoms in total. The number of halogens is 1. The first-order valence-electron chi connectivity index (χ1n) is 4.50. The monoisotopic (exact) mass is 218 g/mol. The number of nitrogens with zero attached hydrogens (tertiary/aromatic N) is 1. The molecule has 82 valence electrons. The minimum Gasteiger partial charge on any atom is -0.383 e. The fourth-order valence-corrected chi connectivity index (χ4v) is 1.09. The highest BCUT2D eigenvalue weighted by Crippen LogP contribution is 2.13. The summed E-state index contributed by atoms with van der Waals surface area (Å²) >= 11 is 0. The summed E-state index contributed by atoms with van der Waals surface area (Å²) in [5.41, 5.74) is 6.11. The average molecular weight is 218 g/mol. The number of aliphatic imine (C=N–C) groups is 1. The Morgan fingerprint density at radius 1 is 1.50 bits per heavy atom. The fraction of sp³-hybridized carbons (Fsp3) is 0.0909. The van der Waals surface area contributed by atoms with Crippen LogP contribution in [0.15, 0.2) is 34.8 Å². The molecule has 16 heavy (non-hydrogen) atoms. The zero-order valence-corrected chi connectivity index (χ0v) is 8.71. The van der Waals surface area contributed by atoms with Crippen molar-refractivity contribution in [1.82, 2.24) is 0 Å². The Hall–Kier alpha value is -2.26. The lowest BCUT2D eigenvalue weighted by molar-refractivity contribution is 0.628. The van der Waals surface area contributed by atoms with Crippen LogP contribution in [0.4, 0.5) is 10.1 Å². The summed E-state index contributed by atoms with van der Waals surface area (Å²) in [4.78, 5) is 3.91. The van der Waals surface area contributed by atoms with Crippen molar-refractivity contribution in [2.45, 2.75) is 6.92 Å². The van der Waals surface area contributed by atoms with Gasteiger partial charge in [0, 0.05) is 5.71 Å². The summed E-state index contributed by atoms with van der Waals surface area (Å²) in [5, 5.41) is 14.3. The van der Waals surface area contributed by atoms with Crippen molar-refractivity contribution < 1.29 is 4.39 Å². The van der Waals surface area contributed by atoms with Gasteiger partial charge in [0.1, 0.15) is 11.7 Å². The van der Waals surface area contributed by atoms with Gasteiger partial charge < -0.3 is 11.1 Å². The summed E-state index contributed by atoms with van der Waals surface area (Å²) in [5.74, 6) is 1.59. The third-order valence-corrected chi connectivity index (χ3v) is 1.81. The Kier molecular flexibility index (Phi) is 3.69. The van der Waals surface area contributed by atoms with Gasteiger partial charge in [0.05, 0.1) is 11.3 Å². The minimum absolute atomic E-state index is 0.0203. The van der Waals surface area contributed by atoms with Crippen LogP contribution < -0.4 is 5.73 Å². The van der Waals surface area contributed by atoms with Crippen molar-refractivity contribution in [3.05, 3.63) is 35.7 Å². The zero-order chi connectivity index (χ0) is 12.1. The molecule has 1 aromatic carbocycles. The van der Waals surface area contributed by atoms with E-state index in [4.69, 9.17) is 16.6 Å². The predicted molar refractivity (Wildman–Crippen MR) is 62.3 cm³/mol. The number of hydrogen-bond donors (Lipinski definition) is 3. The van der Waals surface area contributed by atoms with Crippen molar-refractivity contribution in [3.63, 3.8) is 0 Å². The lowest BCUT2D eigenvalue weighted by Gasteiger charge is -2.01. The van der Waals surface area contributed by atoms with E-state index < -0.39 is 5.82 Å². The molecule has 0 atom stereocenters. The molecule has 0 amide bonds. The Morgan fingerprint density at radius 2 is 2.19 bits per heavy atom. The Balaban J connectivity index is 3.10. The van der Waals surface area contributed by atoms with Crippen LogP contribution in [0.3, 0.4) is 0 Å². The van der Waals surface area contributed by atoms with E-state index in [2.05, 4.69) is 4.99 Å². The quantitative estimate of drug-likeness (QED) is 0.526. The molecule has 0 heterocycles. The molecule has 5 heteroatoms. The molecule has 0 aliphatic heterocycles. The number of rotatable bonds is 3. The molecule has 1 aromatic rings. The van der Waals surface area contributed by atoms with E-state index >= 15 is 0 Å². The molecule has 0 spiro atoms. The van der Waals surface area contributed by atoms with Crippen molar-refractivity contribution in [2.24, 2.45) is 10.7 Å². The lowest BCUT2D eigenvalue weighted by atomic mass is 10.2. The number of benzene rings is 1. The zero-order valence-electron chi connectivity index (χ0n) is 8.71. The van der Waals surface area contributed by atoms with Gasteiger partial charge in [0.25, 0.3) is 0 Å². The Labute approximate surface area is 92.3 Å². The second-order valence-corrected chi connectivity index (χ2v) is 3.10. The highest BCUT2D eigenvalue weighted by molar-refractivity contribution is 6.27. The predicted octanol–water partition coefficient (Wildman–Crippen LogP) is 2.03. The van der Waals surface area contributed by atoms with Crippen LogP contribution in [-0.2, 0) is 0 Å². The number of hydrogen-bond acceptors (Lipinski definition) is 3. The van der Waals surface area contributed by atoms with Gasteiger partial charge in [-0.25, -0.2) is 9.38 Å². The van der Waals surface area contributed by atoms with E-state index in [0.29, 0.717) is 5.69 Å². The van der Waals surface area contributed by atoms with Gasteiger partial charge in [-0.3, -0.25) is 5.41 Å². The molecule has 0 fully saturated rings. The average Bonchev–Trinajstić information content (AvgIpc) is 2.17. The summed E-state index contributed by atoms with van der Waals surface area (Å²) in [6, 6.07) is 5.60. The van der Waals surface area contributed by atoms with Crippen molar-refractivity contribution in [1.29, 1.82) is 10.8 Å². The maximum atomic E-state index is 12.8. The van der Waals surface area contributed by atoms with E-state index in [1.165, 1.54) is 25.1 Å². The fourth-order valence-electron chi connectivity index (χ4n) is 1.09. The molecular formula is C11H11FN4. The molecule has 0 bridgehead atoms. The van der Waals surface area contributed by atoms with Crippen LogP contribution in [0.25, 0.3) is 0 Å². The van der Waals surface area contributed by atoms with Crippen molar-refractivity contribution in [3.8, 4) is 0 Å². The number of nitrogens with two attached hydrogens (primary N) is 1. The van der Waals surface area contributed by atoms with Gasteiger partial charge in [0.2, 0.25) is 0 Å². The van der Waals surface area contributed by atoms with Gasteiger partial charge in [-0.15, -0.1) is 0 Å². The van der Waals surface area contributed by atoms with Crippen LogP contribution in [0.2, 0.25) is 0 Å². The van der Waals surface area contributed by atoms with Gasteiger partial charge >= 0.3 is 0 Å². The normalized spacial score (nSPS) is 10.8. The van der Waals surface area contributed by atoms with Crippen molar-refractivity contribution in [2.75, 3.05) is 0 Å². The number of nitrogens with one attached hydrogen (secondary N) is 2. The Morgan fingerprint density at radius 3 is 2.69 bits per heavy atom. The first kappa shape index (κ1) is 11.8. The van der Waals surface area contributed by atoms with Gasteiger partial charge in [-0.1, -0.05) is 6.07 Å². The van der Waals surface area contributed by atoms with E-state index in [1.54, 1.807) is 6.07 Å². The van der Waals surface area contributed by atoms with Crippen LogP contribution in [0.1, 0.15) is 6.92 Å². The Bertz CT molecular complexity index is 498. The molecule has 4 N–H and O–H groups in total. The minimum atomic E-state index is -0.416. The molecule has 1 rings (SSSR count). The highest BCUT2D eigenvalue weighted by Gasteiger charge is 2.05. The first-order valence-corrected chi connectivity index (χ1v) is 4.50. The molecule has 0 aliphatic rings. The van der Waals surface area contributed by atoms with Crippen LogP contribution in [-0.4, -0.2) is 17.4 Å². The maximum absolute atomic E-state index is 12.8. The summed E-state index contributed by atoms with van der Waals surface area (Å²) < 4.78 is 12.8. The molecule has 0 aliphatic carbocycles. The second kappa shape index (κ2) is 5.00. The molecule has 0 aromatic heterocycles.